The highest BCUT2D eigenvalue weighted by molar-refractivity contribution is 6.13. The Bertz CT molecular complexity index is 4220. The first-order chi connectivity index (χ1) is 37.4. The van der Waals surface area contributed by atoms with Gasteiger partial charge < -0.3 is 9.13 Å². The molecule has 0 spiro atoms. The topological polar surface area (TPSA) is 89.9 Å². The fraction of sp³-hybridized carbons (Fsp3) is 0.0299. The molecule has 0 aliphatic rings. The monoisotopic (exact) mass is 995 g/mol. The third-order valence-electron chi connectivity index (χ3n) is 14.4. The molecular weight excluding hydrogens is 960 g/mol. The summed E-state index contributed by atoms with van der Waals surface area (Å²) in [5.41, 5.74) is 13.0. The molecule has 77 heavy (non-hydrogen) atoms. The number of aryl methyl sites for hydroxylation is 1. The molecule has 2 heterocycles. The van der Waals surface area contributed by atoms with Gasteiger partial charge in [-0.1, -0.05) is 115 Å². The van der Waals surface area contributed by atoms with Crippen LogP contribution < -0.4 is 0 Å². The van der Waals surface area contributed by atoms with E-state index in [1.807, 2.05) is 167 Å². The van der Waals surface area contributed by atoms with Crippen LogP contribution in [0.25, 0.3) is 120 Å². The maximum absolute atomic E-state index is 14.4. The molecule has 0 unspecified atom stereocenters. The van der Waals surface area contributed by atoms with Gasteiger partial charge in [-0.05, 0) is 153 Å². The molecular formula is C67H36F3N7. The van der Waals surface area contributed by atoms with Crippen LogP contribution in [-0.4, -0.2) is 9.13 Å². The van der Waals surface area contributed by atoms with E-state index in [2.05, 4.69) is 27.9 Å². The highest BCUT2D eigenvalue weighted by Gasteiger charge is 2.31. The Kier molecular flexibility index (Phi) is 11.3. The minimum atomic E-state index is -4.59. The average molecular weight is 996 g/mol. The second-order valence-electron chi connectivity index (χ2n) is 18.8. The third kappa shape index (κ3) is 8.15. The Hall–Kier alpha value is -11.0. The Morgan fingerprint density at radius 1 is 0.403 bits per heavy atom. The summed E-state index contributed by atoms with van der Waals surface area (Å²) >= 11 is 0. The first-order valence-corrected chi connectivity index (χ1v) is 24.4. The Labute approximate surface area is 440 Å². The summed E-state index contributed by atoms with van der Waals surface area (Å²) in [7, 11) is 0. The quantitative estimate of drug-likeness (QED) is 0.149. The van der Waals surface area contributed by atoms with Crippen molar-refractivity contribution in [2.45, 2.75) is 13.1 Å². The maximum Gasteiger partial charge on any atom is 0.416 e. The van der Waals surface area contributed by atoms with Crippen LogP contribution in [0.3, 0.4) is 0 Å². The second kappa shape index (κ2) is 18.5. The van der Waals surface area contributed by atoms with Gasteiger partial charge in [-0.3, -0.25) is 0 Å². The zero-order valence-electron chi connectivity index (χ0n) is 40.8. The van der Waals surface area contributed by atoms with Crippen LogP contribution in [0, 0.1) is 54.1 Å². The fourth-order valence-electron chi connectivity index (χ4n) is 10.7. The van der Waals surface area contributed by atoms with Gasteiger partial charge in [-0.15, -0.1) is 0 Å². The van der Waals surface area contributed by atoms with E-state index in [0.29, 0.717) is 50.6 Å². The van der Waals surface area contributed by atoms with Crippen molar-refractivity contribution in [2.24, 2.45) is 0 Å². The molecule has 2 aromatic heterocycles. The van der Waals surface area contributed by atoms with E-state index >= 15 is 0 Å². The van der Waals surface area contributed by atoms with Gasteiger partial charge in [-0.25, -0.2) is 9.69 Å². The maximum atomic E-state index is 14.4. The zero-order chi connectivity index (χ0) is 53.1. The van der Waals surface area contributed by atoms with Crippen LogP contribution in [0.4, 0.5) is 24.5 Å². The van der Waals surface area contributed by atoms with E-state index in [1.165, 1.54) is 6.07 Å². The van der Waals surface area contributed by atoms with Crippen molar-refractivity contribution in [1.82, 2.24) is 9.13 Å². The van der Waals surface area contributed by atoms with Crippen LogP contribution in [0.15, 0.2) is 200 Å². The Morgan fingerprint density at radius 2 is 0.779 bits per heavy atom. The minimum absolute atomic E-state index is 0.255. The van der Waals surface area contributed by atoms with Crippen LogP contribution >= 0.6 is 0 Å². The van der Waals surface area contributed by atoms with Crippen LogP contribution in [-0.2, 0) is 6.18 Å². The van der Waals surface area contributed by atoms with Crippen molar-refractivity contribution in [2.75, 3.05) is 0 Å². The molecule has 0 atom stereocenters. The lowest BCUT2D eigenvalue weighted by Crippen LogP contribution is -2.07. The Morgan fingerprint density at radius 3 is 1.13 bits per heavy atom. The number of hydrogen-bond donors (Lipinski definition) is 0. The zero-order valence-corrected chi connectivity index (χ0v) is 40.8. The van der Waals surface area contributed by atoms with Crippen molar-refractivity contribution in [3.63, 3.8) is 0 Å². The highest BCUT2D eigenvalue weighted by Crippen LogP contribution is 2.45. The lowest BCUT2D eigenvalue weighted by atomic mass is 9.95. The van der Waals surface area contributed by atoms with Crippen LogP contribution in [0.2, 0.25) is 0 Å². The fourth-order valence-corrected chi connectivity index (χ4v) is 10.7. The van der Waals surface area contributed by atoms with Gasteiger partial charge in [0, 0.05) is 21.5 Å². The van der Waals surface area contributed by atoms with Crippen LogP contribution in [0.1, 0.15) is 27.8 Å². The van der Waals surface area contributed by atoms with E-state index in [9.17, 15) is 29.0 Å². The molecule has 10 aromatic carbocycles. The van der Waals surface area contributed by atoms with Gasteiger partial charge in [0.15, 0.2) is 11.4 Å². The molecule has 7 nitrogen and oxygen atoms in total. The summed E-state index contributed by atoms with van der Waals surface area (Å²) in [5, 5.41) is 35.2. The predicted octanol–water partition coefficient (Wildman–Crippen LogP) is 18.3. The first-order valence-electron chi connectivity index (χ1n) is 24.4. The van der Waals surface area contributed by atoms with Gasteiger partial charge in [0.05, 0.1) is 75.4 Å². The van der Waals surface area contributed by atoms with Crippen molar-refractivity contribution < 1.29 is 13.2 Å². The summed E-state index contributed by atoms with van der Waals surface area (Å²) in [6.45, 7) is 17.2. The molecule has 0 saturated heterocycles. The lowest BCUT2D eigenvalue weighted by Gasteiger charge is -2.20. The second-order valence-corrected chi connectivity index (χ2v) is 18.8. The number of hydrogen-bond acceptors (Lipinski definition) is 3. The average Bonchev–Trinajstić information content (AvgIpc) is 3.98. The molecule has 0 aliphatic carbocycles. The van der Waals surface area contributed by atoms with Gasteiger partial charge in [0.2, 0.25) is 0 Å². The Balaban J connectivity index is 1.24. The molecule has 0 saturated carbocycles. The summed E-state index contributed by atoms with van der Waals surface area (Å²) in [6.07, 6.45) is -4.59. The molecule has 0 N–H and O–H groups in total. The number of nitriles is 3. The number of fused-ring (bicyclic) bond motifs is 6. The van der Waals surface area contributed by atoms with E-state index in [4.69, 9.17) is 13.1 Å². The van der Waals surface area contributed by atoms with E-state index < -0.39 is 11.7 Å². The molecule has 10 heteroatoms. The summed E-state index contributed by atoms with van der Waals surface area (Å²) in [6, 6.07) is 68.2. The van der Waals surface area contributed by atoms with Crippen LogP contribution in [0.5, 0.6) is 0 Å². The van der Waals surface area contributed by atoms with E-state index in [-0.39, 0.29) is 5.56 Å². The molecule has 0 aliphatic heterocycles. The molecule has 0 fully saturated rings. The molecule has 0 bridgehead atoms. The third-order valence-corrected chi connectivity index (χ3v) is 14.4. The van der Waals surface area contributed by atoms with Crippen molar-refractivity contribution in [3.8, 4) is 85.2 Å². The van der Waals surface area contributed by atoms with Crippen molar-refractivity contribution in [1.29, 1.82) is 15.8 Å². The van der Waals surface area contributed by atoms with Crippen molar-refractivity contribution in [3.05, 3.63) is 251 Å². The number of alkyl halides is 3. The van der Waals surface area contributed by atoms with Gasteiger partial charge in [0.25, 0.3) is 0 Å². The molecule has 12 aromatic rings. The highest BCUT2D eigenvalue weighted by atomic mass is 19.4. The number of benzene rings is 10. The van der Waals surface area contributed by atoms with Gasteiger partial charge >= 0.3 is 6.18 Å². The summed E-state index contributed by atoms with van der Waals surface area (Å²) in [5.74, 6) is 0. The lowest BCUT2D eigenvalue weighted by molar-refractivity contribution is -0.137. The van der Waals surface area contributed by atoms with E-state index in [1.54, 1.807) is 31.2 Å². The van der Waals surface area contributed by atoms with Crippen molar-refractivity contribution >= 4 is 55.0 Å². The smallest absolute Gasteiger partial charge is 0.308 e. The molecule has 360 valence electrons. The predicted molar refractivity (Wildman–Crippen MR) is 299 cm³/mol. The molecule has 0 amide bonds. The SMILES string of the molecule is [C-]#[N+]c1cccc(-c2ccc3c4ccc(-c5cccc([N+]#[C-])c5)cc4n(-c4cc(-c5ccc(C(F)(F)F)cc5C)cc(-n5c6cc(-c7cccc(C#N)c7)ccc6c6ccc(-c7cccc(C#N)c7)cc65)c4C#N)c3c2)c1. The summed E-state index contributed by atoms with van der Waals surface area (Å²) < 4.78 is 47.2. The molecule has 0 radical (unpaired) electrons. The largest absolute Gasteiger partial charge is 0.416 e. The van der Waals surface area contributed by atoms with Gasteiger partial charge in [-0.2, -0.15) is 29.0 Å². The normalized spacial score (nSPS) is 11.3. The summed E-state index contributed by atoms with van der Waals surface area (Å²) in [4.78, 5) is 7.39. The molecule has 12 rings (SSSR count). The number of nitrogens with zero attached hydrogens (tertiary/aromatic N) is 7. The van der Waals surface area contributed by atoms with Gasteiger partial charge in [0.1, 0.15) is 11.6 Å². The number of aromatic nitrogens is 2. The standard InChI is InChI=1S/C67H36F3N7/c1-40-26-52(67(68,69)70)20-25-55(40)51-35-65(76-61-31-47(43-10-4-8-41(27-43)37-71)16-21-56(61)57-22-17-48(32-62(57)76)44-11-5-9-42(28-44)38-72)60(39-73)66(36-51)77-63-33-49(45-12-6-14-53(29-45)74-2)18-23-58(63)59-24-19-50(34-64(59)77)46-13-7-15-54(30-46)75-3/h4-36H,1H3. The van der Waals surface area contributed by atoms with E-state index in [0.717, 1.165) is 100 Å². The number of rotatable bonds is 7. The number of halogens is 3. The first kappa shape index (κ1) is 47.1. The minimum Gasteiger partial charge on any atom is -0.308 e.